The summed E-state index contributed by atoms with van der Waals surface area (Å²) in [4.78, 5) is 4.22. The van der Waals surface area contributed by atoms with E-state index in [4.69, 9.17) is 4.74 Å². The van der Waals surface area contributed by atoms with Gasteiger partial charge in [-0.1, -0.05) is 12.5 Å². The lowest BCUT2D eigenvalue weighted by atomic mass is 9.99. The summed E-state index contributed by atoms with van der Waals surface area (Å²) in [5.74, 6) is 0.670. The number of piperidine rings is 1. The van der Waals surface area contributed by atoms with Gasteiger partial charge in [0.05, 0.1) is 7.11 Å². The van der Waals surface area contributed by atoms with E-state index in [1.165, 1.54) is 37.8 Å². The Kier molecular flexibility index (Phi) is 5.61. The van der Waals surface area contributed by atoms with Crippen LogP contribution < -0.4 is 15.4 Å². The normalized spacial score (nSPS) is 21.1. The number of hydrogen-bond acceptors (Lipinski definition) is 4. The van der Waals surface area contributed by atoms with E-state index in [1.54, 1.807) is 7.11 Å². The number of nitrogens with one attached hydrogen (secondary N) is 2. The largest absolute Gasteiger partial charge is 0.481 e. The van der Waals surface area contributed by atoms with Crippen LogP contribution in [0, 0.1) is 0 Å². The van der Waals surface area contributed by atoms with Crippen molar-refractivity contribution in [2.75, 3.05) is 13.7 Å². The number of aromatic nitrogens is 1. The molecule has 0 aliphatic carbocycles. The topological polar surface area (TPSA) is 46.2 Å². The number of methoxy groups -OCH3 is 1. The number of ether oxygens (including phenoxy) is 1. The van der Waals surface area contributed by atoms with Gasteiger partial charge in [-0.15, -0.1) is 0 Å². The first-order valence-corrected chi connectivity index (χ1v) is 7.23. The van der Waals surface area contributed by atoms with Crippen LogP contribution in [0.1, 0.15) is 38.2 Å². The highest BCUT2D eigenvalue weighted by Gasteiger charge is 2.15. The van der Waals surface area contributed by atoms with Gasteiger partial charge in [0.2, 0.25) is 5.88 Å². The molecule has 4 nitrogen and oxygen atoms in total. The summed E-state index contributed by atoms with van der Waals surface area (Å²) in [6.45, 7) is 4.30. The van der Waals surface area contributed by atoms with Crippen molar-refractivity contribution in [2.45, 2.75) is 51.2 Å². The fraction of sp³-hybridized carbons (Fsp3) is 0.667. The molecular formula is C15H25N3O. The number of pyridine rings is 1. The van der Waals surface area contributed by atoms with E-state index in [0.717, 1.165) is 6.54 Å². The maximum Gasteiger partial charge on any atom is 0.212 e. The van der Waals surface area contributed by atoms with E-state index >= 15 is 0 Å². The molecule has 1 aliphatic heterocycles. The molecule has 2 atom stereocenters. The summed E-state index contributed by atoms with van der Waals surface area (Å²) in [7, 11) is 1.64. The Labute approximate surface area is 116 Å². The van der Waals surface area contributed by atoms with Gasteiger partial charge in [0, 0.05) is 30.9 Å². The summed E-state index contributed by atoms with van der Waals surface area (Å²) in [6, 6.07) is 5.18. The molecule has 0 saturated carbocycles. The molecule has 0 bridgehead atoms. The lowest BCUT2D eigenvalue weighted by Gasteiger charge is -2.26. The van der Waals surface area contributed by atoms with E-state index in [2.05, 4.69) is 28.6 Å². The second-order valence-electron chi connectivity index (χ2n) is 5.37. The van der Waals surface area contributed by atoms with Crippen LogP contribution in [0.25, 0.3) is 0 Å². The molecule has 0 radical (unpaired) electrons. The monoisotopic (exact) mass is 263 g/mol. The van der Waals surface area contributed by atoms with Crippen molar-refractivity contribution in [3.8, 4) is 5.88 Å². The SMILES string of the molecule is COc1ccc(CNC(C)CC2CCCCN2)cn1. The predicted octanol–water partition coefficient (Wildman–Crippen LogP) is 2.10. The lowest BCUT2D eigenvalue weighted by Crippen LogP contribution is -2.39. The maximum absolute atomic E-state index is 5.06. The van der Waals surface area contributed by atoms with E-state index in [1.807, 2.05) is 12.3 Å². The van der Waals surface area contributed by atoms with Crippen LogP contribution in [-0.2, 0) is 6.54 Å². The van der Waals surface area contributed by atoms with Crippen molar-refractivity contribution in [3.63, 3.8) is 0 Å². The van der Waals surface area contributed by atoms with Crippen LogP contribution in [-0.4, -0.2) is 30.7 Å². The van der Waals surface area contributed by atoms with Crippen LogP contribution in [0.4, 0.5) is 0 Å². The van der Waals surface area contributed by atoms with Crippen LogP contribution in [0.2, 0.25) is 0 Å². The second-order valence-corrected chi connectivity index (χ2v) is 5.37. The predicted molar refractivity (Wildman–Crippen MR) is 77.3 cm³/mol. The first-order valence-electron chi connectivity index (χ1n) is 7.23. The minimum Gasteiger partial charge on any atom is -0.481 e. The van der Waals surface area contributed by atoms with E-state index in [-0.39, 0.29) is 0 Å². The highest BCUT2D eigenvalue weighted by molar-refractivity contribution is 5.17. The van der Waals surface area contributed by atoms with Crippen LogP contribution in [0.3, 0.4) is 0 Å². The Morgan fingerprint density at radius 2 is 2.37 bits per heavy atom. The number of nitrogens with zero attached hydrogens (tertiary/aromatic N) is 1. The summed E-state index contributed by atoms with van der Waals surface area (Å²) in [5.41, 5.74) is 1.20. The van der Waals surface area contributed by atoms with Gasteiger partial charge in [-0.3, -0.25) is 0 Å². The molecule has 1 fully saturated rings. The second kappa shape index (κ2) is 7.46. The van der Waals surface area contributed by atoms with Gasteiger partial charge in [-0.25, -0.2) is 4.98 Å². The third kappa shape index (κ3) is 4.80. The van der Waals surface area contributed by atoms with Gasteiger partial charge in [0.15, 0.2) is 0 Å². The summed E-state index contributed by atoms with van der Waals surface area (Å²) in [6.07, 6.45) is 7.08. The molecule has 1 saturated heterocycles. The molecule has 2 rings (SSSR count). The van der Waals surface area contributed by atoms with Crippen molar-refractivity contribution in [2.24, 2.45) is 0 Å². The van der Waals surface area contributed by atoms with Gasteiger partial charge < -0.3 is 15.4 Å². The average Bonchev–Trinajstić information content (AvgIpc) is 2.47. The molecule has 1 aromatic rings. The van der Waals surface area contributed by atoms with Crippen molar-refractivity contribution in [1.29, 1.82) is 0 Å². The minimum absolute atomic E-state index is 0.526. The Morgan fingerprint density at radius 3 is 3.00 bits per heavy atom. The highest BCUT2D eigenvalue weighted by atomic mass is 16.5. The van der Waals surface area contributed by atoms with Crippen molar-refractivity contribution in [1.82, 2.24) is 15.6 Å². The fourth-order valence-corrected chi connectivity index (χ4v) is 2.56. The van der Waals surface area contributed by atoms with Crippen LogP contribution in [0.15, 0.2) is 18.3 Å². The summed E-state index contributed by atoms with van der Waals surface area (Å²) >= 11 is 0. The molecule has 4 heteroatoms. The number of hydrogen-bond donors (Lipinski definition) is 2. The molecule has 2 N–H and O–H groups in total. The Balaban J connectivity index is 1.71. The minimum atomic E-state index is 0.526. The Bertz CT molecular complexity index is 360. The summed E-state index contributed by atoms with van der Waals surface area (Å²) < 4.78 is 5.06. The van der Waals surface area contributed by atoms with Crippen molar-refractivity contribution in [3.05, 3.63) is 23.9 Å². The third-order valence-corrected chi connectivity index (χ3v) is 3.71. The fourth-order valence-electron chi connectivity index (χ4n) is 2.56. The molecular weight excluding hydrogens is 238 g/mol. The highest BCUT2D eigenvalue weighted by Crippen LogP contribution is 2.12. The van der Waals surface area contributed by atoms with Gasteiger partial charge in [0.25, 0.3) is 0 Å². The van der Waals surface area contributed by atoms with Gasteiger partial charge >= 0.3 is 0 Å². The zero-order chi connectivity index (χ0) is 13.5. The van der Waals surface area contributed by atoms with Crippen molar-refractivity contribution < 1.29 is 4.74 Å². The molecule has 0 amide bonds. The molecule has 2 unspecified atom stereocenters. The molecule has 0 spiro atoms. The van der Waals surface area contributed by atoms with Crippen LogP contribution >= 0.6 is 0 Å². The molecule has 19 heavy (non-hydrogen) atoms. The third-order valence-electron chi connectivity index (χ3n) is 3.71. The van der Waals surface area contributed by atoms with Crippen molar-refractivity contribution >= 4 is 0 Å². The molecule has 1 aliphatic rings. The molecule has 106 valence electrons. The zero-order valence-electron chi connectivity index (χ0n) is 12.0. The summed E-state index contributed by atoms with van der Waals surface area (Å²) in [5, 5.41) is 7.16. The van der Waals surface area contributed by atoms with Gasteiger partial charge in [-0.2, -0.15) is 0 Å². The van der Waals surface area contributed by atoms with Crippen LogP contribution in [0.5, 0.6) is 5.88 Å². The Hall–Kier alpha value is -1.13. The van der Waals surface area contributed by atoms with Gasteiger partial charge in [0.1, 0.15) is 0 Å². The standard InChI is InChI=1S/C15H25N3O/c1-12(9-14-5-3-4-8-16-14)17-10-13-6-7-15(19-2)18-11-13/h6-7,11-12,14,16-17H,3-5,8-10H2,1-2H3. The molecule has 2 heterocycles. The first kappa shape index (κ1) is 14.3. The van der Waals surface area contributed by atoms with E-state index in [0.29, 0.717) is 18.0 Å². The quantitative estimate of drug-likeness (QED) is 0.825. The van der Waals surface area contributed by atoms with E-state index < -0.39 is 0 Å². The molecule has 0 aromatic carbocycles. The van der Waals surface area contributed by atoms with Gasteiger partial charge in [-0.05, 0) is 38.3 Å². The first-order chi connectivity index (χ1) is 9.28. The number of rotatable bonds is 6. The van der Waals surface area contributed by atoms with E-state index in [9.17, 15) is 0 Å². The maximum atomic E-state index is 5.06. The average molecular weight is 263 g/mol. The zero-order valence-corrected chi connectivity index (χ0v) is 12.0. The Morgan fingerprint density at radius 1 is 1.47 bits per heavy atom. The lowest BCUT2D eigenvalue weighted by molar-refractivity contribution is 0.344. The molecule has 1 aromatic heterocycles. The smallest absolute Gasteiger partial charge is 0.212 e.